The van der Waals surface area contributed by atoms with Crippen molar-refractivity contribution in [1.29, 1.82) is 0 Å². The third kappa shape index (κ3) is 2.49. The fraction of sp³-hybridized carbons (Fsp3) is 0.167. The summed E-state index contributed by atoms with van der Waals surface area (Å²) in [6.45, 7) is 1.87. The van der Waals surface area contributed by atoms with E-state index in [9.17, 15) is 0 Å². The third-order valence-electron chi connectivity index (χ3n) is 3.80. The zero-order valence-electron chi connectivity index (χ0n) is 12.1. The van der Waals surface area contributed by atoms with Gasteiger partial charge in [-0.25, -0.2) is 0 Å². The number of aromatic nitrogens is 1. The summed E-state index contributed by atoms with van der Waals surface area (Å²) in [7, 11) is 0. The number of hydrogen-bond donors (Lipinski definition) is 1. The van der Waals surface area contributed by atoms with E-state index in [-0.39, 0.29) is 0 Å². The van der Waals surface area contributed by atoms with Gasteiger partial charge in [-0.05, 0) is 29.3 Å². The maximum absolute atomic E-state index is 5.40. The Hall–Kier alpha value is -2.59. The second-order valence-corrected chi connectivity index (χ2v) is 5.28. The number of pyridine rings is 1. The van der Waals surface area contributed by atoms with Crippen LogP contribution in [0.3, 0.4) is 0 Å². The zero-order valence-corrected chi connectivity index (χ0v) is 12.1. The normalized spacial score (nSPS) is 12.7. The number of ether oxygens (including phenoxy) is 2. The van der Waals surface area contributed by atoms with Gasteiger partial charge < -0.3 is 14.8 Å². The Morgan fingerprint density at radius 1 is 0.955 bits per heavy atom. The molecule has 0 saturated heterocycles. The van der Waals surface area contributed by atoms with Gasteiger partial charge in [0.25, 0.3) is 0 Å². The molecular weight excluding hydrogens is 276 g/mol. The second-order valence-electron chi connectivity index (χ2n) is 5.28. The van der Waals surface area contributed by atoms with Crippen LogP contribution in [0.4, 0.5) is 0 Å². The highest BCUT2D eigenvalue weighted by Gasteiger charge is 2.12. The number of para-hydroxylation sites is 1. The molecule has 0 aliphatic carbocycles. The van der Waals surface area contributed by atoms with E-state index in [1.165, 1.54) is 16.5 Å². The lowest BCUT2D eigenvalue weighted by Crippen LogP contribution is -2.13. The van der Waals surface area contributed by atoms with Crippen molar-refractivity contribution in [3.63, 3.8) is 0 Å². The summed E-state index contributed by atoms with van der Waals surface area (Å²) in [5.41, 5.74) is 3.44. The first-order valence-electron chi connectivity index (χ1n) is 7.32. The minimum atomic E-state index is 0.313. The molecule has 0 saturated carbocycles. The molecule has 0 fully saturated rings. The maximum atomic E-state index is 5.40. The van der Waals surface area contributed by atoms with Gasteiger partial charge in [0.15, 0.2) is 11.5 Å². The minimum absolute atomic E-state index is 0.313. The summed E-state index contributed by atoms with van der Waals surface area (Å²) in [5.74, 6) is 1.65. The van der Waals surface area contributed by atoms with Crippen LogP contribution in [0.25, 0.3) is 10.9 Å². The van der Waals surface area contributed by atoms with E-state index in [4.69, 9.17) is 9.47 Å². The van der Waals surface area contributed by atoms with E-state index in [1.807, 2.05) is 24.4 Å². The highest BCUT2D eigenvalue weighted by molar-refractivity contribution is 5.81. The lowest BCUT2D eigenvalue weighted by atomic mass is 10.1. The predicted molar refractivity (Wildman–Crippen MR) is 84.9 cm³/mol. The Morgan fingerprint density at radius 3 is 2.86 bits per heavy atom. The van der Waals surface area contributed by atoms with Gasteiger partial charge in [-0.15, -0.1) is 0 Å². The maximum Gasteiger partial charge on any atom is 0.231 e. The summed E-state index contributed by atoms with van der Waals surface area (Å²) < 4.78 is 10.7. The molecule has 4 nitrogen and oxygen atoms in total. The molecule has 1 aliphatic heterocycles. The summed E-state index contributed by atoms with van der Waals surface area (Å²) in [6, 6.07) is 16.4. The molecule has 1 aliphatic rings. The lowest BCUT2D eigenvalue weighted by molar-refractivity contribution is 0.174. The first kappa shape index (κ1) is 13.1. The van der Waals surface area contributed by atoms with Gasteiger partial charge in [0.2, 0.25) is 6.79 Å². The average Bonchev–Trinajstić information content (AvgIpc) is 3.03. The standard InChI is InChI=1S/C18H16N2O2/c1-3-14-5-2-8-20-18(14)15(4-1)11-19-10-13-6-7-16-17(9-13)22-12-21-16/h1-9,19H,10-12H2. The van der Waals surface area contributed by atoms with Gasteiger partial charge in [0.1, 0.15) is 0 Å². The van der Waals surface area contributed by atoms with Crippen molar-refractivity contribution in [2.24, 2.45) is 0 Å². The topological polar surface area (TPSA) is 43.4 Å². The number of benzene rings is 2. The van der Waals surface area contributed by atoms with E-state index in [0.29, 0.717) is 6.79 Å². The fourth-order valence-electron chi connectivity index (χ4n) is 2.70. The lowest BCUT2D eigenvalue weighted by Gasteiger charge is -2.08. The molecule has 0 unspecified atom stereocenters. The molecule has 1 N–H and O–H groups in total. The van der Waals surface area contributed by atoms with Gasteiger partial charge in [-0.1, -0.05) is 30.3 Å². The van der Waals surface area contributed by atoms with Crippen molar-refractivity contribution >= 4 is 10.9 Å². The molecule has 4 heteroatoms. The molecular formula is C18H16N2O2. The smallest absolute Gasteiger partial charge is 0.231 e. The molecule has 110 valence electrons. The molecule has 0 spiro atoms. The van der Waals surface area contributed by atoms with Gasteiger partial charge in [-0.3, -0.25) is 4.98 Å². The van der Waals surface area contributed by atoms with E-state index >= 15 is 0 Å². The number of hydrogen-bond acceptors (Lipinski definition) is 4. The highest BCUT2D eigenvalue weighted by atomic mass is 16.7. The molecule has 22 heavy (non-hydrogen) atoms. The Labute approximate surface area is 128 Å². The number of rotatable bonds is 4. The van der Waals surface area contributed by atoms with Crippen molar-refractivity contribution < 1.29 is 9.47 Å². The molecule has 0 amide bonds. The van der Waals surface area contributed by atoms with Gasteiger partial charge in [0.05, 0.1) is 5.52 Å². The molecule has 0 bridgehead atoms. The van der Waals surface area contributed by atoms with Crippen molar-refractivity contribution in [3.05, 3.63) is 65.9 Å². The van der Waals surface area contributed by atoms with Crippen molar-refractivity contribution in [3.8, 4) is 11.5 Å². The molecule has 2 aromatic carbocycles. The van der Waals surface area contributed by atoms with Crippen LogP contribution in [0.1, 0.15) is 11.1 Å². The largest absolute Gasteiger partial charge is 0.454 e. The van der Waals surface area contributed by atoms with Gasteiger partial charge in [0, 0.05) is 24.7 Å². The zero-order chi connectivity index (χ0) is 14.8. The molecule has 4 rings (SSSR count). The van der Waals surface area contributed by atoms with E-state index < -0.39 is 0 Å². The number of nitrogens with zero attached hydrogens (tertiary/aromatic N) is 1. The van der Waals surface area contributed by atoms with E-state index in [2.05, 4.69) is 40.6 Å². The monoisotopic (exact) mass is 292 g/mol. The van der Waals surface area contributed by atoms with Crippen LogP contribution >= 0.6 is 0 Å². The van der Waals surface area contributed by atoms with Crippen LogP contribution in [0.2, 0.25) is 0 Å². The van der Waals surface area contributed by atoms with Crippen LogP contribution in [0.15, 0.2) is 54.7 Å². The van der Waals surface area contributed by atoms with E-state index in [1.54, 1.807) is 0 Å². The van der Waals surface area contributed by atoms with Crippen molar-refractivity contribution in [2.45, 2.75) is 13.1 Å². The van der Waals surface area contributed by atoms with Crippen LogP contribution in [-0.4, -0.2) is 11.8 Å². The summed E-state index contributed by atoms with van der Waals surface area (Å²) in [4.78, 5) is 4.48. The molecule has 3 aromatic rings. The first-order chi connectivity index (χ1) is 10.9. The average molecular weight is 292 g/mol. The van der Waals surface area contributed by atoms with Crippen molar-refractivity contribution in [2.75, 3.05) is 6.79 Å². The molecule has 2 heterocycles. The van der Waals surface area contributed by atoms with Gasteiger partial charge in [-0.2, -0.15) is 0 Å². The van der Waals surface area contributed by atoms with Gasteiger partial charge >= 0.3 is 0 Å². The Kier molecular flexibility index (Phi) is 3.37. The SMILES string of the molecule is c1cnc2c(CNCc3ccc4c(c3)OCO4)cccc2c1. The Bertz CT molecular complexity index is 812. The summed E-state index contributed by atoms with van der Waals surface area (Å²) >= 11 is 0. The quantitative estimate of drug-likeness (QED) is 0.801. The van der Waals surface area contributed by atoms with Crippen molar-refractivity contribution in [1.82, 2.24) is 10.3 Å². The number of fused-ring (bicyclic) bond motifs is 2. The number of nitrogens with one attached hydrogen (secondary N) is 1. The highest BCUT2D eigenvalue weighted by Crippen LogP contribution is 2.32. The van der Waals surface area contributed by atoms with E-state index in [0.717, 1.165) is 30.1 Å². The third-order valence-corrected chi connectivity index (χ3v) is 3.80. The van der Waals surface area contributed by atoms with Crippen LogP contribution < -0.4 is 14.8 Å². The summed E-state index contributed by atoms with van der Waals surface area (Å²) in [5, 5.41) is 4.64. The fourth-order valence-corrected chi connectivity index (χ4v) is 2.70. The minimum Gasteiger partial charge on any atom is -0.454 e. The van der Waals surface area contributed by atoms with Crippen LogP contribution in [0.5, 0.6) is 11.5 Å². The Balaban J connectivity index is 1.46. The van der Waals surface area contributed by atoms with Crippen LogP contribution in [-0.2, 0) is 13.1 Å². The Morgan fingerprint density at radius 2 is 1.86 bits per heavy atom. The first-order valence-corrected chi connectivity index (χ1v) is 7.32. The second kappa shape index (κ2) is 5.66. The summed E-state index contributed by atoms with van der Waals surface area (Å²) in [6.07, 6.45) is 1.84. The van der Waals surface area contributed by atoms with Crippen LogP contribution in [0, 0.1) is 0 Å². The molecule has 0 atom stereocenters. The predicted octanol–water partition coefficient (Wildman–Crippen LogP) is 3.25. The molecule has 0 radical (unpaired) electrons. The molecule has 1 aromatic heterocycles.